The van der Waals surface area contributed by atoms with Crippen molar-refractivity contribution in [2.75, 3.05) is 0 Å². The molecule has 2 unspecified atom stereocenters. The predicted octanol–water partition coefficient (Wildman–Crippen LogP) is 3.33. The second-order valence-electron chi connectivity index (χ2n) is 5.09. The van der Waals surface area contributed by atoms with Crippen LogP contribution in [0.15, 0.2) is 23.9 Å². The monoisotopic (exact) mass is 565 g/mol. The number of nitriles is 1. The van der Waals surface area contributed by atoms with Gasteiger partial charge in [0.05, 0.1) is 6.07 Å². The van der Waals surface area contributed by atoms with Gasteiger partial charge in [0.25, 0.3) is 0 Å². The van der Waals surface area contributed by atoms with E-state index in [4.69, 9.17) is 10.4 Å². The zero-order valence-corrected chi connectivity index (χ0v) is 20.1. The fraction of sp³-hybridized carbons (Fsp3) is 0.214. The van der Waals surface area contributed by atoms with E-state index in [9.17, 15) is 14.9 Å². The summed E-state index contributed by atoms with van der Waals surface area (Å²) in [5.74, 6) is -1.32. The van der Waals surface area contributed by atoms with Crippen LogP contribution in [-0.2, 0) is 20.1 Å². The molecule has 6 nitrogen and oxygen atoms in total. The van der Waals surface area contributed by atoms with Gasteiger partial charge in [-0.05, 0) is 8.07 Å². The van der Waals surface area contributed by atoms with Crippen molar-refractivity contribution in [1.29, 1.82) is 5.26 Å². The molecule has 0 spiro atoms. The molecule has 0 aliphatic carbocycles. The fourth-order valence-corrected chi connectivity index (χ4v) is 1.90. The molecule has 1 radical (unpaired) electrons. The molecule has 1 aromatic rings. The maximum Gasteiger partial charge on any atom is 0.247 e. The van der Waals surface area contributed by atoms with Gasteiger partial charge in [0.15, 0.2) is 0 Å². The third kappa shape index (κ3) is 12.4. The number of carboxylic acids is 1. The second-order valence-corrected chi connectivity index (χ2v) is 10.2. The first-order valence-corrected chi connectivity index (χ1v) is 9.50. The first-order valence-electron chi connectivity index (χ1n) is 5.93. The van der Waals surface area contributed by atoms with Crippen molar-refractivity contribution in [3.63, 3.8) is 0 Å². The summed E-state index contributed by atoms with van der Waals surface area (Å²) in [6.07, 6.45) is 1.90. The van der Waals surface area contributed by atoms with Gasteiger partial charge in [-0.3, -0.25) is 10.1 Å². The van der Waals surface area contributed by atoms with Gasteiger partial charge >= 0.3 is 0 Å². The smallest absolute Gasteiger partial charge is 0.247 e. The molecule has 1 rings (SSSR count). The number of nitro groups is 1. The molecular formula is C14H22IrN2O4P2Si-2. The number of aromatic carboxylic acids is 1. The fourth-order valence-electron chi connectivity index (χ4n) is 1.20. The average Bonchev–Trinajstić information content (AvgIpc) is 2.37. The third-order valence-electron chi connectivity index (χ3n) is 2.09. The molecule has 0 saturated carbocycles. The Balaban J connectivity index is -0.000000175. The molecule has 0 fully saturated rings. The number of benzene rings is 1. The molecule has 0 bridgehead atoms. The first kappa shape index (κ1) is 30.8. The number of nitrogens with zero attached hydrogens (tertiary/aromatic N) is 2. The SMILES string of the molecule is N#Cc1c[c-]c(C(=O)O)cc1[N+](=O)[O-].P.P.[CH2-]/C=C/[Si](C)(C)C.[Ir]. The molecule has 1 N–H and O–H groups in total. The van der Waals surface area contributed by atoms with Gasteiger partial charge < -0.3 is 9.90 Å². The van der Waals surface area contributed by atoms with Crippen LogP contribution in [0.1, 0.15) is 15.9 Å². The summed E-state index contributed by atoms with van der Waals surface area (Å²) in [6.45, 7) is 10.5. The van der Waals surface area contributed by atoms with Gasteiger partial charge in [0.2, 0.25) is 11.7 Å². The van der Waals surface area contributed by atoms with Crippen LogP contribution >= 0.6 is 19.8 Å². The maximum absolute atomic E-state index is 10.4. The third-order valence-corrected chi connectivity index (χ3v) is 3.33. The van der Waals surface area contributed by atoms with Gasteiger partial charge in [0, 0.05) is 30.6 Å². The van der Waals surface area contributed by atoms with Crippen LogP contribution in [0.25, 0.3) is 0 Å². The van der Waals surface area contributed by atoms with Crippen LogP contribution < -0.4 is 0 Å². The molecular weight excluding hydrogens is 542 g/mol. The van der Waals surface area contributed by atoms with Gasteiger partial charge in [-0.25, -0.2) is 24.0 Å². The summed E-state index contributed by atoms with van der Waals surface area (Å²) in [5.41, 5.74) is 1.15. The Morgan fingerprint density at radius 2 is 1.96 bits per heavy atom. The van der Waals surface area contributed by atoms with Crippen molar-refractivity contribution >= 4 is 39.5 Å². The van der Waals surface area contributed by atoms with Crippen LogP contribution in [0.2, 0.25) is 19.6 Å². The van der Waals surface area contributed by atoms with E-state index in [-0.39, 0.29) is 51.0 Å². The van der Waals surface area contributed by atoms with Crippen molar-refractivity contribution in [3.8, 4) is 6.07 Å². The Labute approximate surface area is 163 Å². The Bertz CT molecular complexity index is 614. The topological polar surface area (TPSA) is 104 Å². The number of carboxylic acid groups (broad SMARTS) is 1. The van der Waals surface area contributed by atoms with E-state index in [1.54, 1.807) is 6.07 Å². The molecule has 2 atom stereocenters. The zero-order valence-electron chi connectivity index (χ0n) is 13.8. The minimum absolute atomic E-state index is 0. The quantitative estimate of drug-likeness (QED) is 0.200. The number of rotatable bonds is 3. The predicted molar refractivity (Wildman–Crippen MR) is 104 cm³/mol. The second kappa shape index (κ2) is 14.3. The summed E-state index contributed by atoms with van der Waals surface area (Å²) in [7, 11) is -0.900. The van der Waals surface area contributed by atoms with Crippen LogP contribution in [0.4, 0.5) is 5.69 Å². The first-order chi connectivity index (χ1) is 9.62. The van der Waals surface area contributed by atoms with Crippen molar-refractivity contribution in [1.82, 2.24) is 0 Å². The summed E-state index contributed by atoms with van der Waals surface area (Å²) < 4.78 is 0. The number of hydrogen-bond donors (Lipinski definition) is 1. The number of allylic oxidation sites excluding steroid dienone is 1. The molecule has 0 saturated heterocycles. The van der Waals surface area contributed by atoms with E-state index in [0.717, 1.165) is 12.1 Å². The molecule has 137 valence electrons. The molecule has 0 heterocycles. The van der Waals surface area contributed by atoms with Gasteiger partial charge in [-0.2, -0.15) is 19.8 Å². The minimum Gasteiger partial charge on any atom is -0.521 e. The summed E-state index contributed by atoms with van der Waals surface area (Å²) >= 11 is 0. The standard InChI is InChI=1S/C8H3N2O4.C6H13Si.Ir.2H3P/c9-4-6-2-1-5(8(11)12)3-7(6)10(13)14;1-5-6-7(2,3)4;;;/h2-3H,(H,11,12);5-6H,1H2,2-4H3;;2*1H3/q2*-1;;;/b;6-5+;;;. The summed E-state index contributed by atoms with van der Waals surface area (Å²) in [4.78, 5) is 20.0. The Hall–Kier alpha value is -1.08. The van der Waals surface area contributed by atoms with Gasteiger partial charge in [0.1, 0.15) is 0 Å². The summed E-state index contributed by atoms with van der Waals surface area (Å²) in [6, 6.07) is 5.63. The number of hydrogen-bond acceptors (Lipinski definition) is 4. The molecule has 24 heavy (non-hydrogen) atoms. The molecule has 10 heteroatoms. The van der Waals surface area contributed by atoms with Crippen molar-refractivity contribution in [2.45, 2.75) is 19.6 Å². The van der Waals surface area contributed by atoms with E-state index < -0.39 is 24.7 Å². The van der Waals surface area contributed by atoms with Crippen LogP contribution in [0.3, 0.4) is 0 Å². The van der Waals surface area contributed by atoms with E-state index >= 15 is 0 Å². The van der Waals surface area contributed by atoms with Gasteiger partial charge in [-0.15, -0.1) is 12.1 Å². The van der Waals surface area contributed by atoms with E-state index in [0.29, 0.717) is 0 Å². The van der Waals surface area contributed by atoms with Crippen molar-refractivity contribution < 1.29 is 34.9 Å². The zero-order chi connectivity index (χ0) is 16.6. The van der Waals surface area contributed by atoms with E-state index in [2.05, 4.69) is 38.3 Å². The van der Waals surface area contributed by atoms with E-state index in [1.165, 1.54) is 0 Å². The minimum atomic E-state index is -1.32. The normalized spacial score (nSPS) is 9.08. The maximum atomic E-state index is 10.4. The van der Waals surface area contributed by atoms with Gasteiger partial charge in [-0.1, -0.05) is 31.3 Å². The summed E-state index contributed by atoms with van der Waals surface area (Å²) in [5, 5.41) is 27.4. The van der Waals surface area contributed by atoms with Crippen LogP contribution in [0.5, 0.6) is 0 Å². The van der Waals surface area contributed by atoms with Crippen LogP contribution in [0, 0.1) is 34.4 Å². The molecule has 0 aromatic heterocycles. The van der Waals surface area contributed by atoms with Crippen LogP contribution in [-0.4, -0.2) is 24.1 Å². The number of carbonyl (C=O) groups is 1. The van der Waals surface area contributed by atoms with E-state index in [1.807, 2.05) is 6.08 Å². The Morgan fingerprint density at radius 3 is 2.21 bits per heavy atom. The average molecular weight is 565 g/mol. The van der Waals surface area contributed by atoms with Crippen molar-refractivity contribution in [3.05, 3.63) is 58.1 Å². The molecule has 0 amide bonds. The largest absolute Gasteiger partial charge is 0.521 e. The molecule has 1 aromatic carbocycles. The number of nitro benzene ring substituents is 1. The Kier molecular flexibility index (Phi) is 18.3. The molecule has 0 aliphatic rings. The Morgan fingerprint density at radius 1 is 1.46 bits per heavy atom. The molecule has 0 aliphatic heterocycles. The van der Waals surface area contributed by atoms with Crippen molar-refractivity contribution in [2.24, 2.45) is 0 Å².